The molecule has 1 saturated carbocycles. The number of carbonyl (C=O) groups excluding carboxylic acids is 1. The fraction of sp³-hybridized carbons (Fsp3) is 0.611. The summed E-state index contributed by atoms with van der Waals surface area (Å²) >= 11 is 0. The highest BCUT2D eigenvalue weighted by Crippen LogP contribution is 2.48. The van der Waals surface area contributed by atoms with Crippen LogP contribution in [0.15, 0.2) is 24.3 Å². The zero-order chi connectivity index (χ0) is 18.1. The van der Waals surface area contributed by atoms with Crippen LogP contribution in [-0.2, 0) is 21.1 Å². The second-order valence-electron chi connectivity index (χ2n) is 6.99. The summed E-state index contributed by atoms with van der Waals surface area (Å²) in [7, 11) is 1.53. The lowest BCUT2D eigenvalue weighted by atomic mass is 9.90. The van der Waals surface area contributed by atoms with Gasteiger partial charge < -0.3 is 15.4 Å². The number of amides is 1. The largest absolute Gasteiger partial charge is 0.416 e. The van der Waals surface area contributed by atoms with Crippen LogP contribution in [0.3, 0.4) is 0 Å². The second kappa shape index (κ2) is 7.74. The van der Waals surface area contributed by atoms with Gasteiger partial charge in [-0.05, 0) is 50.4 Å². The number of ether oxygens (including phenoxy) is 1. The summed E-state index contributed by atoms with van der Waals surface area (Å²) in [5.74, 6) is -0.172. The molecule has 2 fully saturated rings. The average Bonchev–Trinajstić information content (AvgIpc) is 3.41. The lowest BCUT2D eigenvalue weighted by molar-refractivity contribution is -0.146. The SMILES string of the molecule is COC1(C(=O)NCC2(c3cccc(C(F)(F)F)c3)CC2)CCNCC1.Cl. The third kappa shape index (κ3) is 4.15. The number of benzene rings is 1. The Balaban J connectivity index is 0.00000243. The van der Waals surface area contributed by atoms with Gasteiger partial charge in [-0.2, -0.15) is 13.2 Å². The highest BCUT2D eigenvalue weighted by atomic mass is 35.5. The molecule has 1 heterocycles. The van der Waals surface area contributed by atoms with E-state index in [2.05, 4.69) is 10.6 Å². The van der Waals surface area contributed by atoms with Crippen LogP contribution in [-0.4, -0.2) is 38.3 Å². The van der Waals surface area contributed by atoms with Crippen LogP contribution in [0, 0.1) is 0 Å². The van der Waals surface area contributed by atoms with E-state index in [1.807, 2.05) is 0 Å². The van der Waals surface area contributed by atoms with E-state index < -0.39 is 22.8 Å². The maximum Gasteiger partial charge on any atom is 0.416 e. The summed E-state index contributed by atoms with van der Waals surface area (Å²) in [5, 5.41) is 6.12. The Hall–Kier alpha value is -1.31. The smallest absolute Gasteiger partial charge is 0.368 e. The molecule has 1 aromatic carbocycles. The summed E-state index contributed by atoms with van der Waals surface area (Å²) in [4.78, 5) is 12.6. The van der Waals surface area contributed by atoms with E-state index in [1.165, 1.54) is 19.2 Å². The number of carbonyl (C=O) groups is 1. The van der Waals surface area contributed by atoms with Crippen LogP contribution in [0.2, 0.25) is 0 Å². The number of piperidine rings is 1. The molecule has 2 N–H and O–H groups in total. The lowest BCUT2D eigenvalue weighted by Gasteiger charge is -2.35. The number of alkyl halides is 3. The fourth-order valence-electron chi connectivity index (χ4n) is 3.51. The Morgan fingerprint density at radius 3 is 2.42 bits per heavy atom. The summed E-state index contributed by atoms with van der Waals surface area (Å²) in [5.41, 5.74) is -1.23. The van der Waals surface area contributed by atoms with Crippen molar-refractivity contribution in [1.82, 2.24) is 10.6 Å². The topological polar surface area (TPSA) is 50.4 Å². The maximum absolute atomic E-state index is 12.9. The second-order valence-corrected chi connectivity index (χ2v) is 6.99. The Morgan fingerprint density at radius 2 is 1.88 bits per heavy atom. The molecule has 2 aliphatic rings. The molecule has 26 heavy (non-hydrogen) atoms. The van der Waals surface area contributed by atoms with E-state index in [0.29, 0.717) is 38.0 Å². The van der Waals surface area contributed by atoms with Crippen molar-refractivity contribution in [1.29, 1.82) is 0 Å². The Labute approximate surface area is 157 Å². The minimum absolute atomic E-state index is 0. The zero-order valence-electron chi connectivity index (χ0n) is 14.6. The van der Waals surface area contributed by atoms with Gasteiger partial charge in [0.2, 0.25) is 0 Å². The highest BCUT2D eigenvalue weighted by Gasteiger charge is 2.47. The van der Waals surface area contributed by atoms with Crippen molar-refractivity contribution in [2.24, 2.45) is 0 Å². The Morgan fingerprint density at radius 1 is 1.23 bits per heavy atom. The van der Waals surface area contributed by atoms with Crippen LogP contribution in [0.5, 0.6) is 0 Å². The number of nitrogens with one attached hydrogen (secondary N) is 2. The molecular formula is C18H24ClF3N2O2. The predicted molar refractivity (Wildman–Crippen MR) is 94.5 cm³/mol. The molecule has 0 aromatic heterocycles. The molecule has 8 heteroatoms. The molecule has 1 aliphatic heterocycles. The van der Waals surface area contributed by atoms with Crippen molar-refractivity contribution in [3.63, 3.8) is 0 Å². The number of halogens is 4. The average molecular weight is 393 g/mol. The quantitative estimate of drug-likeness (QED) is 0.809. The molecule has 0 unspecified atom stereocenters. The van der Waals surface area contributed by atoms with Crippen molar-refractivity contribution in [3.05, 3.63) is 35.4 Å². The fourth-order valence-corrected chi connectivity index (χ4v) is 3.51. The number of hydrogen-bond donors (Lipinski definition) is 2. The van der Waals surface area contributed by atoms with Gasteiger partial charge in [-0.3, -0.25) is 4.79 Å². The first kappa shape index (κ1) is 21.0. The van der Waals surface area contributed by atoms with E-state index in [0.717, 1.165) is 18.9 Å². The van der Waals surface area contributed by atoms with Gasteiger partial charge in [-0.15, -0.1) is 12.4 Å². The third-order valence-electron chi connectivity index (χ3n) is 5.46. The van der Waals surface area contributed by atoms with Crippen LogP contribution >= 0.6 is 12.4 Å². The van der Waals surface area contributed by atoms with E-state index in [1.54, 1.807) is 6.07 Å². The first-order chi connectivity index (χ1) is 11.8. The summed E-state index contributed by atoms with van der Waals surface area (Å²) in [6, 6.07) is 5.43. The van der Waals surface area contributed by atoms with Crippen molar-refractivity contribution >= 4 is 18.3 Å². The highest BCUT2D eigenvalue weighted by molar-refractivity contribution is 5.85. The van der Waals surface area contributed by atoms with Crippen LogP contribution in [0.1, 0.15) is 36.8 Å². The van der Waals surface area contributed by atoms with Crippen molar-refractivity contribution in [2.75, 3.05) is 26.7 Å². The maximum atomic E-state index is 12.9. The van der Waals surface area contributed by atoms with Gasteiger partial charge in [0, 0.05) is 19.1 Å². The van der Waals surface area contributed by atoms with Gasteiger partial charge in [-0.1, -0.05) is 18.2 Å². The van der Waals surface area contributed by atoms with Crippen molar-refractivity contribution < 1.29 is 22.7 Å². The minimum atomic E-state index is -4.36. The first-order valence-corrected chi connectivity index (χ1v) is 8.53. The van der Waals surface area contributed by atoms with Gasteiger partial charge in [0.05, 0.1) is 5.56 Å². The van der Waals surface area contributed by atoms with Gasteiger partial charge in [0.15, 0.2) is 0 Å². The Kier molecular flexibility index (Phi) is 6.25. The predicted octanol–water partition coefficient (Wildman–Crippen LogP) is 3.04. The third-order valence-corrected chi connectivity index (χ3v) is 5.46. The molecule has 0 radical (unpaired) electrons. The standard InChI is InChI=1S/C18H23F3N2O2.ClH/c1-25-17(7-9-22-10-8-17)15(24)23-12-16(5-6-16)13-3-2-4-14(11-13)18(19,20)21;/h2-4,11,22H,5-10,12H2,1H3,(H,23,24);1H. The van der Waals surface area contributed by atoms with Gasteiger partial charge in [0.25, 0.3) is 5.91 Å². The number of rotatable bonds is 5. The van der Waals surface area contributed by atoms with E-state index in [4.69, 9.17) is 4.74 Å². The monoisotopic (exact) mass is 392 g/mol. The first-order valence-electron chi connectivity index (χ1n) is 8.53. The minimum Gasteiger partial charge on any atom is -0.368 e. The lowest BCUT2D eigenvalue weighted by Crippen LogP contribution is -2.55. The molecule has 1 amide bonds. The van der Waals surface area contributed by atoms with Crippen molar-refractivity contribution in [2.45, 2.75) is 42.9 Å². The Bertz CT molecular complexity index is 642. The van der Waals surface area contributed by atoms with E-state index in [-0.39, 0.29) is 18.3 Å². The summed E-state index contributed by atoms with van der Waals surface area (Å²) < 4.78 is 44.3. The molecule has 0 bridgehead atoms. The molecule has 0 spiro atoms. The van der Waals surface area contributed by atoms with E-state index >= 15 is 0 Å². The van der Waals surface area contributed by atoms with Gasteiger partial charge >= 0.3 is 6.18 Å². The summed E-state index contributed by atoms with van der Waals surface area (Å²) in [6.45, 7) is 1.76. The molecule has 4 nitrogen and oxygen atoms in total. The number of hydrogen-bond acceptors (Lipinski definition) is 3. The zero-order valence-corrected chi connectivity index (χ0v) is 15.4. The van der Waals surface area contributed by atoms with Crippen LogP contribution in [0.4, 0.5) is 13.2 Å². The van der Waals surface area contributed by atoms with E-state index in [9.17, 15) is 18.0 Å². The molecule has 3 rings (SSSR count). The van der Waals surface area contributed by atoms with Gasteiger partial charge in [0.1, 0.15) is 5.60 Å². The molecule has 146 valence electrons. The number of methoxy groups -OCH3 is 1. The molecular weight excluding hydrogens is 369 g/mol. The normalized spacial score (nSPS) is 20.8. The molecule has 1 aliphatic carbocycles. The molecule has 1 saturated heterocycles. The van der Waals surface area contributed by atoms with Crippen LogP contribution in [0.25, 0.3) is 0 Å². The van der Waals surface area contributed by atoms with Gasteiger partial charge in [-0.25, -0.2) is 0 Å². The van der Waals surface area contributed by atoms with Crippen molar-refractivity contribution in [3.8, 4) is 0 Å². The molecule has 1 aromatic rings. The van der Waals surface area contributed by atoms with Crippen LogP contribution < -0.4 is 10.6 Å². The molecule has 0 atom stereocenters. The summed E-state index contributed by atoms with van der Waals surface area (Å²) in [6.07, 6.45) is -1.63.